The van der Waals surface area contributed by atoms with E-state index in [2.05, 4.69) is 18.6 Å². The molecule has 1 rings (SSSR count). The third kappa shape index (κ3) is 6.99. The summed E-state index contributed by atoms with van der Waals surface area (Å²) < 4.78 is 56.3. The number of rotatable bonds is 3. The summed E-state index contributed by atoms with van der Waals surface area (Å²) in [6, 6.07) is -0.000805. The maximum atomic E-state index is 13.2. The van der Waals surface area contributed by atoms with E-state index in [4.69, 9.17) is 5.11 Å². The molecule has 1 aromatic rings. The summed E-state index contributed by atoms with van der Waals surface area (Å²) in [6.07, 6.45) is 1.25. The summed E-state index contributed by atoms with van der Waals surface area (Å²) in [6.45, 7) is 10.1. The molecule has 3 nitrogen and oxygen atoms in total. The lowest BCUT2D eigenvalue weighted by Crippen LogP contribution is -2.33. The molecule has 1 aromatic carbocycles. The summed E-state index contributed by atoms with van der Waals surface area (Å²) in [5, 5.41) is 8.85. The summed E-state index contributed by atoms with van der Waals surface area (Å²) in [5.74, 6) is -9.66. The van der Waals surface area contributed by atoms with Crippen molar-refractivity contribution in [3.8, 4) is 5.75 Å². The van der Waals surface area contributed by atoms with E-state index in [9.17, 15) is 22.4 Å². The Balaban J connectivity index is 0. The Morgan fingerprint density at radius 2 is 1.43 bits per heavy atom. The van der Waals surface area contributed by atoms with Crippen molar-refractivity contribution >= 4 is 5.97 Å². The number of halogens is 4. The van der Waals surface area contributed by atoms with Gasteiger partial charge in [-0.3, -0.25) is 4.79 Å². The van der Waals surface area contributed by atoms with Crippen molar-refractivity contribution in [2.75, 3.05) is 6.61 Å². The van der Waals surface area contributed by atoms with Gasteiger partial charge in [0.15, 0.2) is 11.6 Å². The number of carbonyl (C=O) groups excluding carboxylic acids is 1. The van der Waals surface area contributed by atoms with E-state index < -0.39 is 47.0 Å². The van der Waals surface area contributed by atoms with Crippen LogP contribution in [0.2, 0.25) is 0 Å². The van der Waals surface area contributed by atoms with E-state index in [1.165, 1.54) is 20.3 Å². The Labute approximate surface area is 134 Å². The number of hydrogen-bond donors (Lipinski definition) is 1. The Morgan fingerprint density at radius 1 is 1.09 bits per heavy atom. The molecular weight excluding hydrogens is 316 g/mol. The van der Waals surface area contributed by atoms with Crippen LogP contribution in [0, 0.1) is 28.7 Å². The van der Waals surface area contributed by atoms with Gasteiger partial charge in [0.05, 0.1) is 12.0 Å². The SMILES string of the molecule is CC.CC(C)(CO)C(=O)Oc1c(F)c(F)cc(F)c1F.CCC. The van der Waals surface area contributed by atoms with Crippen LogP contribution in [0.4, 0.5) is 17.6 Å². The molecule has 0 aliphatic carbocycles. The zero-order chi connectivity index (χ0) is 18.8. The molecule has 0 fully saturated rings. The van der Waals surface area contributed by atoms with Crippen molar-refractivity contribution < 1.29 is 32.2 Å². The first kappa shape index (κ1) is 23.6. The molecule has 0 saturated heterocycles. The standard InChI is InChI=1S/C11H10F4O3.C3H8.C2H6/c1-11(2,4-16)10(17)18-9-7(14)5(12)3-6(13)8(9)15;1-3-2;1-2/h3,16H,4H2,1-2H3;3H2,1-2H3;1-2H3. The van der Waals surface area contributed by atoms with E-state index in [0.717, 1.165) is 0 Å². The number of aliphatic hydroxyl groups is 1. The minimum atomic E-state index is -1.81. The molecule has 0 heterocycles. The lowest BCUT2D eigenvalue weighted by Gasteiger charge is -2.19. The molecule has 23 heavy (non-hydrogen) atoms. The van der Waals surface area contributed by atoms with Crippen LogP contribution in [0.25, 0.3) is 0 Å². The molecule has 0 amide bonds. The molecule has 0 aromatic heterocycles. The predicted octanol–water partition coefficient (Wildman–Crippen LogP) is 4.61. The smallest absolute Gasteiger partial charge is 0.319 e. The zero-order valence-corrected chi connectivity index (χ0v) is 14.3. The van der Waals surface area contributed by atoms with Crippen molar-refractivity contribution in [1.29, 1.82) is 0 Å². The van der Waals surface area contributed by atoms with Gasteiger partial charge in [-0.15, -0.1) is 0 Å². The Bertz CT molecular complexity index is 476. The van der Waals surface area contributed by atoms with Gasteiger partial charge < -0.3 is 9.84 Å². The van der Waals surface area contributed by atoms with Crippen LogP contribution >= 0.6 is 0 Å². The quantitative estimate of drug-likeness (QED) is 0.378. The van der Waals surface area contributed by atoms with Crippen LogP contribution < -0.4 is 4.74 Å². The molecule has 7 heteroatoms. The monoisotopic (exact) mass is 340 g/mol. The summed E-state index contributed by atoms with van der Waals surface area (Å²) in [7, 11) is 0. The van der Waals surface area contributed by atoms with E-state index in [-0.39, 0.29) is 6.07 Å². The topological polar surface area (TPSA) is 46.5 Å². The fourth-order valence-electron chi connectivity index (χ4n) is 0.936. The van der Waals surface area contributed by atoms with Gasteiger partial charge in [0.1, 0.15) is 0 Å². The molecule has 134 valence electrons. The third-order valence-electron chi connectivity index (χ3n) is 2.21. The molecule has 0 spiro atoms. The van der Waals surface area contributed by atoms with Crippen LogP contribution in [-0.4, -0.2) is 17.7 Å². The number of ether oxygens (including phenoxy) is 1. The van der Waals surface area contributed by atoms with E-state index in [1.54, 1.807) is 0 Å². The van der Waals surface area contributed by atoms with Crippen molar-refractivity contribution in [3.05, 3.63) is 29.3 Å². The van der Waals surface area contributed by atoms with Crippen molar-refractivity contribution in [2.24, 2.45) is 5.41 Å². The first-order chi connectivity index (χ1) is 10.6. The van der Waals surface area contributed by atoms with Crippen LogP contribution in [0.5, 0.6) is 5.75 Å². The highest BCUT2D eigenvalue weighted by molar-refractivity contribution is 5.78. The van der Waals surface area contributed by atoms with Gasteiger partial charge in [-0.05, 0) is 13.8 Å². The fraction of sp³-hybridized carbons (Fsp3) is 0.562. The highest BCUT2D eigenvalue weighted by Crippen LogP contribution is 2.28. The minimum absolute atomic E-state index is 0.000805. The maximum Gasteiger partial charge on any atom is 0.319 e. The van der Waals surface area contributed by atoms with Crippen LogP contribution in [0.3, 0.4) is 0 Å². The molecule has 0 radical (unpaired) electrons. The molecule has 0 atom stereocenters. The van der Waals surface area contributed by atoms with Gasteiger partial charge in [0, 0.05) is 6.07 Å². The van der Waals surface area contributed by atoms with Crippen LogP contribution in [0.1, 0.15) is 48.0 Å². The average molecular weight is 340 g/mol. The summed E-state index contributed by atoms with van der Waals surface area (Å²) in [5.41, 5.74) is -1.46. The van der Waals surface area contributed by atoms with E-state index in [1.807, 2.05) is 13.8 Å². The van der Waals surface area contributed by atoms with Crippen LogP contribution in [-0.2, 0) is 4.79 Å². The number of benzene rings is 1. The van der Waals surface area contributed by atoms with Crippen molar-refractivity contribution in [3.63, 3.8) is 0 Å². The van der Waals surface area contributed by atoms with Gasteiger partial charge >= 0.3 is 5.97 Å². The Hall–Kier alpha value is -1.63. The van der Waals surface area contributed by atoms with E-state index in [0.29, 0.717) is 0 Å². The molecule has 0 bridgehead atoms. The molecule has 0 saturated carbocycles. The summed E-state index contributed by atoms with van der Waals surface area (Å²) >= 11 is 0. The van der Waals surface area contributed by atoms with Gasteiger partial charge in [-0.2, -0.15) is 8.78 Å². The fourth-order valence-corrected chi connectivity index (χ4v) is 0.936. The first-order valence-corrected chi connectivity index (χ1v) is 7.28. The highest BCUT2D eigenvalue weighted by Gasteiger charge is 2.32. The number of hydrogen-bond acceptors (Lipinski definition) is 3. The zero-order valence-electron chi connectivity index (χ0n) is 14.3. The lowest BCUT2D eigenvalue weighted by atomic mass is 9.95. The largest absolute Gasteiger partial charge is 0.420 e. The Morgan fingerprint density at radius 3 is 1.74 bits per heavy atom. The number of aliphatic hydroxyl groups excluding tert-OH is 1. The average Bonchev–Trinajstić information content (AvgIpc) is 2.52. The second kappa shape index (κ2) is 11.0. The normalized spacial score (nSPS) is 10.0. The second-order valence-corrected chi connectivity index (χ2v) is 4.94. The van der Waals surface area contributed by atoms with Gasteiger partial charge in [-0.1, -0.05) is 34.1 Å². The second-order valence-electron chi connectivity index (χ2n) is 4.94. The van der Waals surface area contributed by atoms with Crippen LogP contribution in [0.15, 0.2) is 6.07 Å². The number of carbonyl (C=O) groups is 1. The number of esters is 1. The molecule has 1 N–H and O–H groups in total. The minimum Gasteiger partial charge on any atom is -0.420 e. The third-order valence-corrected chi connectivity index (χ3v) is 2.21. The highest BCUT2D eigenvalue weighted by atomic mass is 19.2. The van der Waals surface area contributed by atoms with Gasteiger partial charge in [0.2, 0.25) is 17.4 Å². The van der Waals surface area contributed by atoms with Crippen molar-refractivity contribution in [2.45, 2.75) is 48.0 Å². The van der Waals surface area contributed by atoms with Crippen molar-refractivity contribution in [1.82, 2.24) is 0 Å². The summed E-state index contributed by atoms with van der Waals surface area (Å²) in [4.78, 5) is 11.4. The molecular formula is C16H24F4O3. The first-order valence-electron chi connectivity index (χ1n) is 7.28. The van der Waals surface area contributed by atoms with E-state index >= 15 is 0 Å². The predicted molar refractivity (Wildman–Crippen MR) is 80.1 cm³/mol. The molecule has 0 unspecified atom stereocenters. The van der Waals surface area contributed by atoms with Gasteiger partial charge in [-0.25, -0.2) is 8.78 Å². The molecule has 0 aliphatic heterocycles. The Kier molecular flexibility index (Phi) is 11.3. The molecule has 0 aliphatic rings. The van der Waals surface area contributed by atoms with Gasteiger partial charge in [0.25, 0.3) is 0 Å². The maximum absolute atomic E-state index is 13.2. The lowest BCUT2D eigenvalue weighted by molar-refractivity contribution is -0.146.